The van der Waals surface area contributed by atoms with E-state index in [4.69, 9.17) is 27.6 Å². The third kappa shape index (κ3) is 3.39. The maximum Gasteiger partial charge on any atom is 0.293 e. The van der Waals surface area contributed by atoms with E-state index >= 15 is 0 Å². The fraction of sp³-hybridized carbons (Fsp3) is 0. The van der Waals surface area contributed by atoms with E-state index in [1.165, 1.54) is 11.3 Å². The highest BCUT2D eigenvalue weighted by molar-refractivity contribution is 7.22. The summed E-state index contributed by atoms with van der Waals surface area (Å²) in [7, 11) is 0. The van der Waals surface area contributed by atoms with Crippen LogP contribution in [0, 0.1) is 0 Å². The van der Waals surface area contributed by atoms with E-state index in [1.54, 1.807) is 30.3 Å². The molecule has 0 saturated heterocycles. The quantitative estimate of drug-likeness (QED) is 0.460. The molecule has 0 bridgehead atoms. The average molecular weight is 389 g/mol. The number of fused-ring (bicyclic) bond motifs is 1. The van der Waals surface area contributed by atoms with Gasteiger partial charge in [0.25, 0.3) is 5.91 Å². The normalized spacial score (nSPS) is 11.0. The summed E-state index contributed by atoms with van der Waals surface area (Å²) in [5.74, 6) is 0.450. The summed E-state index contributed by atoms with van der Waals surface area (Å²) in [4.78, 5) is 16.7. The predicted octanol–water partition coefficient (Wildman–Crippen LogP) is 6.12. The number of thiazole rings is 1. The molecule has 0 saturated carbocycles. The summed E-state index contributed by atoms with van der Waals surface area (Å²) in [5, 5.41) is 4.52. The molecule has 0 fully saturated rings. The Morgan fingerprint density at radius 2 is 1.76 bits per heavy atom. The van der Waals surface area contributed by atoms with Crippen LogP contribution in [0.25, 0.3) is 21.5 Å². The summed E-state index contributed by atoms with van der Waals surface area (Å²) in [6.45, 7) is 0. The second kappa shape index (κ2) is 6.52. The number of rotatable bonds is 3. The van der Waals surface area contributed by atoms with Gasteiger partial charge in [-0.25, -0.2) is 4.98 Å². The molecular weight excluding hydrogens is 379 g/mol. The molecule has 0 radical (unpaired) electrons. The lowest BCUT2D eigenvalue weighted by Crippen LogP contribution is -2.10. The Hall–Kier alpha value is -2.34. The predicted molar refractivity (Wildman–Crippen MR) is 102 cm³/mol. The minimum Gasteiger partial charge on any atom is -0.451 e. The molecule has 0 aliphatic carbocycles. The number of hydrogen-bond acceptors (Lipinski definition) is 4. The number of carbonyl (C=O) groups excluding carboxylic acids is 1. The van der Waals surface area contributed by atoms with Crippen molar-refractivity contribution < 1.29 is 9.21 Å². The summed E-state index contributed by atoms with van der Waals surface area (Å²) in [5.41, 5.74) is 1.63. The first-order chi connectivity index (χ1) is 12.1. The first kappa shape index (κ1) is 16.1. The lowest BCUT2D eigenvalue weighted by Gasteiger charge is -1.99. The van der Waals surface area contributed by atoms with Crippen molar-refractivity contribution in [3.8, 4) is 11.3 Å². The van der Waals surface area contributed by atoms with Crippen molar-refractivity contribution in [2.75, 3.05) is 5.32 Å². The molecule has 25 heavy (non-hydrogen) atoms. The Morgan fingerprint density at radius 3 is 2.56 bits per heavy atom. The number of nitrogens with zero attached hydrogens (tertiary/aromatic N) is 1. The molecule has 0 aliphatic rings. The molecule has 1 amide bonds. The highest BCUT2D eigenvalue weighted by atomic mass is 35.5. The van der Waals surface area contributed by atoms with Gasteiger partial charge in [0.05, 0.1) is 10.2 Å². The highest BCUT2D eigenvalue weighted by Gasteiger charge is 2.15. The van der Waals surface area contributed by atoms with Gasteiger partial charge in [0.2, 0.25) is 0 Å². The fourth-order valence-corrected chi connectivity index (χ4v) is 3.60. The van der Waals surface area contributed by atoms with Crippen LogP contribution in [-0.2, 0) is 0 Å². The van der Waals surface area contributed by atoms with E-state index in [0.29, 0.717) is 20.9 Å². The molecule has 7 heteroatoms. The van der Waals surface area contributed by atoms with Crippen LogP contribution in [0.5, 0.6) is 0 Å². The van der Waals surface area contributed by atoms with E-state index < -0.39 is 0 Å². The van der Waals surface area contributed by atoms with Crippen molar-refractivity contribution in [2.45, 2.75) is 0 Å². The molecular formula is C18H10Cl2N2O2S. The number of benzene rings is 2. The summed E-state index contributed by atoms with van der Waals surface area (Å²) in [6.07, 6.45) is 0. The minimum absolute atomic E-state index is 0.210. The van der Waals surface area contributed by atoms with Gasteiger partial charge < -0.3 is 4.42 Å². The maximum atomic E-state index is 12.4. The Bertz CT molecular complexity index is 1070. The number of hydrogen-bond donors (Lipinski definition) is 1. The number of nitrogens with one attached hydrogen (secondary N) is 1. The van der Waals surface area contributed by atoms with Gasteiger partial charge >= 0.3 is 0 Å². The van der Waals surface area contributed by atoms with Crippen molar-refractivity contribution in [1.29, 1.82) is 0 Å². The lowest BCUT2D eigenvalue weighted by atomic mass is 10.2. The fourth-order valence-electron chi connectivity index (χ4n) is 2.34. The molecule has 2 heterocycles. The van der Waals surface area contributed by atoms with Gasteiger partial charge in [-0.2, -0.15) is 0 Å². The van der Waals surface area contributed by atoms with E-state index in [1.807, 2.05) is 24.3 Å². The van der Waals surface area contributed by atoms with Crippen LogP contribution >= 0.6 is 34.5 Å². The van der Waals surface area contributed by atoms with Crippen LogP contribution in [0.2, 0.25) is 10.0 Å². The van der Waals surface area contributed by atoms with Crippen molar-refractivity contribution in [1.82, 2.24) is 4.98 Å². The maximum absolute atomic E-state index is 12.4. The van der Waals surface area contributed by atoms with Gasteiger partial charge in [0, 0.05) is 15.6 Å². The van der Waals surface area contributed by atoms with E-state index in [9.17, 15) is 4.79 Å². The first-order valence-electron chi connectivity index (χ1n) is 7.32. The van der Waals surface area contributed by atoms with E-state index in [2.05, 4.69) is 10.3 Å². The van der Waals surface area contributed by atoms with Crippen LogP contribution < -0.4 is 5.32 Å². The van der Waals surface area contributed by atoms with Gasteiger partial charge in [-0.3, -0.25) is 10.1 Å². The number of anilines is 1. The average Bonchev–Trinajstić information content (AvgIpc) is 3.21. The van der Waals surface area contributed by atoms with Crippen LogP contribution in [0.4, 0.5) is 5.13 Å². The third-order valence-electron chi connectivity index (χ3n) is 3.53. The Labute approximate surface area is 157 Å². The Morgan fingerprint density at radius 1 is 1.00 bits per heavy atom. The Kier molecular flexibility index (Phi) is 4.21. The van der Waals surface area contributed by atoms with Crippen LogP contribution in [0.3, 0.4) is 0 Å². The van der Waals surface area contributed by atoms with Crippen molar-refractivity contribution in [3.63, 3.8) is 0 Å². The standard InChI is InChI=1S/C18H10Cl2N2O2S/c19-11-3-1-10(2-4-11)14-7-8-15(24-14)17(23)22-18-21-13-6-5-12(20)9-16(13)25-18/h1-9H,(H,21,22,23). The molecule has 0 spiro atoms. The van der Waals surface area contributed by atoms with Gasteiger partial charge in [-0.15, -0.1) is 0 Å². The zero-order valence-corrected chi connectivity index (χ0v) is 15.0. The molecule has 124 valence electrons. The summed E-state index contributed by atoms with van der Waals surface area (Å²) < 4.78 is 6.54. The largest absolute Gasteiger partial charge is 0.451 e. The zero-order valence-electron chi connectivity index (χ0n) is 12.6. The van der Waals surface area contributed by atoms with Crippen molar-refractivity contribution in [2.24, 2.45) is 0 Å². The topological polar surface area (TPSA) is 55.1 Å². The van der Waals surface area contributed by atoms with Gasteiger partial charge in [0.1, 0.15) is 5.76 Å². The SMILES string of the molecule is O=C(Nc1nc2ccc(Cl)cc2s1)c1ccc(-c2ccc(Cl)cc2)o1. The Balaban J connectivity index is 1.55. The number of halogens is 2. The number of carbonyl (C=O) groups is 1. The molecule has 4 aromatic rings. The van der Waals surface area contributed by atoms with Crippen molar-refractivity contribution in [3.05, 3.63) is 70.4 Å². The minimum atomic E-state index is -0.356. The second-order valence-corrected chi connectivity index (χ2v) is 7.16. The molecule has 2 aromatic heterocycles. The summed E-state index contributed by atoms with van der Waals surface area (Å²) in [6, 6.07) is 16.0. The first-order valence-corrected chi connectivity index (χ1v) is 8.89. The molecule has 4 nitrogen and oxygen atoms in total. The molecule has 2 aromatic carbocycles. The molecule has 0 unspecified atom stereocenters. The third-order valence-corrected chi connectivity index (χ3v) is 4.95. The molecule has 0 atom stereocenters. The monoisotopic (exact) mass is 388 g/mol. The number of amides is 1. The van der Waals surface area contributed by atoms with E-state index in [0.717, 1.165) is 15.8 Å². The molecule has 1 N–H and O–H groups in total. The lowest BCUT2D eigenvalue weighted by molar-refractivity contribution is 0.0997. The van der Waals surface area contributed by atoms with Crippen LogP contribution in [0.15, 0.2) is 59.0 Å². The highest BCUT2D eigenvalue weighted by Crippen LogP contribution is 2.29. The number of furan rings is 1. The smallest absolute Gasteiger partial charge is 0.293 e. The van der Waals surface area contributed by atoms with Gasteiger partial charge in [-0.05, 0) is 54.6 Å². The van der Waals surface area contributed by atoms with Gasteiger partial charge in [-0.1, -0.05) is 34.5 Å². The summed E-state index contributed by atoms with van der Waals surface area (Å²) >= 11 is 13.2. The van der Waals surface area contributed by atoms with E-state index in [-0.39, 0.29) is 11.7 Å². The van der Waals surface area contributed by atoms with Crippen LogP contribution in [-0.4, -0.2) is 10.9 Å². The van der Waals surface area contributed by atoms with Crippen LogP contribution in [0.1, 0.15) is 10.6 Å². The molecule has 4 rings (SSSR count). The van der Waals surface area contributed by atoms with Crippen molar-refractivity contribution >= 4 is 55.8 Å². The zero-order chi connectivity index (χ0) is 17.4. The molecule has 0 aliphatic heterocycles. The van der Waals surface area contributed by atoms with Gasteiger partial charge in [0.15, 0.2) is 10.9 Å². The number of aromatic nitrogens is 1. The second-order valence-electron chi connectivity index (χ2n) is 5.26.